The van der Waals surface area contributed by atoms with Crippen LogP contribution in [0.25, 0.3) is 0 Å². The van der Waals surface area contributed by atoms with Gasteiger partial charge in [0, 0.05) is 18.9 Å². The summed E-state index contributed by atoms with van der Waals surface area (Å²) in [5.74, 6) is 5.14. The maximum Gasteiger partial charge on any atom is 0.408 e. The number of carbonyl (C=O) groups excluding carboxylic acids is 3. The third kappa shape index (κ3) is 8.37. The van der Waals surface area contributed by atoms with Crippen LogP contribution in [0.3, 0.4) is 0 Å². The molecule has 0 bridgehead atoms. The van der Waals surface area contributed by atoms with Gasteiger partial charge in [0.05, 0.1) is 0 Å². The Hall–Kier alpha value is -2.69. The second-order valence-electron chi connectivity index (χ2n) is 16.5. The third-order valence-electron chi connectivity index (χ3n) is 11.1. The zero-order chi connectivity index (χ0) is 33.2. The van der Waals surface area contributed by atoms with E-state index in [9.17, 15) is 14.4 Å². The van der Waals surface area contributed by atoms with E-state index in [1.807, 2.05) is 20.8 Å². The molecule has 0 aromatic rings. The molecule has 0 radical (unpaired) electrons. The molecule has 4 aliphatic rings. The molecule has 4 aliphatic carbocycles. The van der Waals surface area contributed by atoms with Crippen molar-refractivity contribution < 1.29 is 28.6 Å². The molecule has 0 heterocycles. The zero-order valence-electron chi connectivity index (χ0n) is 29.1. The fourth-order valence-corrected chi connectivity index (χ4v) is 8.93. The second kappa shape index (κ2) is 13.6. The largest absolute Gasteiger partial charge is 0.461 e. The average molecular weight is 627 g/mol. The van der Waals surface area contributed by atoms with Gasteiger partial charge in [0.1, 0.15) is 23.3 Å². The molecule has 2 N–H and O–H groups in total. The van der Waals surface area contributed by atoms with Crippen molar-refractivity contribution in [2.24, 2.45) is 34.5 Å². The van der Waals surface area contributed by atoms with Crippen LogP contribution in [0.2, 0.25) is 0 Å². The van der Waals surface area contributed by atoms with Gasteiger partial charge in [-0.3, -0.25) is 0 Å². The van der Waals surface area contributed by atoms with Crippen LogP contribution in [0.1, 0.15) is 126 Å². The van der Waals surface area contributed by atoms with Crippen LogP contribution in [-0.2, 0) is 19.0 Å². The van der Waals surface area contributed by atoms with E-state index in [0.717, 1.165) is 32.1 Å². The Morgan fingerprint density at radius 2 is 1.64 bits per heavy atom. The maximum atomic E-state index is 13.5. The average Bonchev–Trinajstić information content (AvgIpc) is 3.26. The van der Waals surface area contributed by atoms with E-state index in [-0.39, 0.29) is 16.9 Å². The number of unbranched alkanes of at least 4 members (excludes halogenated alkanes) is 1. The molecule has 0 aromatic carbocycles. The lowest BCUT2D eigenvalue weighted by molar-refractivity contribution is -0.154. The SMILES string of the molecule is C#C[C@H]1CCC2C3CC=C4C[C@@H](OC(=O)[C@H](CCCCNC(=O)OC(C)(C)C)NC(=O)OC(C)(C)C)CC[C@]4(C)C3CC[C@@]21C. The van der Waals surface area contributed by atoms with Gasteiger partial charge in [-0.05, 0) is 134 Å². The molecule has 8 heteroatoms. The molecule has 0 aliphatic heterocycles. The maximum absolute atomic E-state index is 13.5. The lowest BCUT2D eigenvalue weighted by Gasteiger charge is -2.57. The van der Waals surface area contributed by atoms with Crippen molar-refractivity contribution in [2.75, 3.05) is 6.54 Å². The second-order valence-corrected chi connectivity index (χ2v) is 16.5. The van der Waals surface area contributed by atoms with Crippen LogP contribution in [0, 0.1) is 46.8 Å². The molecule has 3 fully saturated rings. The number of hydrogen-bond acceptors (Lipinski definition) is 6. The van der Waals surface area contributed by atoms with Crippen molar-refractivity contribution in [3.63, 3.8) is 0 Å². The van der Waals surface area contributed by atoms with Gasteiger partial charge in [0.25, 0.3) is 0 Å². The summed E-state index contributed by atoms with van der Waals surface area (Å²) in [7, 11) is 0. The number of rotatable bonds is 8. The molecule has 0 saturated heterocycles. The van der Waals surface area contributed by atoms with Gasteiger partial charge in [-0.2, -0.15) is 0 Å². The van der Waals surface area contributed by atoms with E-state index in [1.54, 1.807) is 20.8 Å². The van der Waals surface area contributed by atoms with Crippen molar-refractivity contribution in [3.8, 4) is 12.3 Å². The van der Waals surface area contributed by atoms with Crippen molar-refractivity contribution in [1.82, 2.24) is 10.6 Å². The molecule has 3 saturated carbocycles. The summed E-state index contributed by atoms with van der Waals surface area (Å²) in [5.41, 5.74) is 0.587. The highest BCUT2D eigenvalue weighted by Crippen LogP contribution is 2.66. The van der Waals surface area contributed by atoms with Crippen LogP contribution in [0.15, 0.2) is 11.6 Å². The number of amides is 2. The van der Waals surface area contributed by atoms with E-state index < -0.39 is 35.4 Å². The number of fused-ring (bicyclic) bond motifs is 5. The highest BCUT2D eigenvalue weighted by molar-refractivity contribution is 5.81. The first kappa shape index (κ1) is 35.2. The normalized spacial score (nSPS) is 33.2. The smallest absolute Gasteiger partial charge is 0.408 e. The molecule has 2 amide bonds. The fourth-order valence-electron chi connectivity index (χ4n) is 8.93. The zero-order valence-corrected chi connectivity index (χ0v) is 29.1. The van der Waals surface area contributed by atoms with E-state index in [4.69, 9.17) is 20.6 Å². The lowest BCUT2D eigenvalue weighted by Crippen LogP contribution is -2.51. The number of terminal acetylenes is 1. The predicted octanol–water partition coefficient (Wildman–Crippen LogP) is 7.70. The Bertz CT molecular complexity index is 1170. The minimum atomic E-state index is -0.832. The lowest BCUT2D eigenvalue weighted by atomic mass is 9.47. The first-order chi connectivity index (χ1) is 20.9. The van der Waals surface area contributed by atoms with Crippen molar-refractivity contribution in [1.29, 1.82) is 0 Å². The number of alkyl carbamates (subject to hydrolysis) is 2. The van der Waals surface area contributed by atoms with Gasteiger partial charge in [0.2, 0.25) is 0 Å². The summed E-state index contributed by atoms with van der Waals surface area (Å²) in [5, 5.41) is 5.50. The standard InChI is InChI=1S/C37H58N2O6/c1-10-24-15-17-28-27-16-14-25-23-26(18-20-37(25,9)29(27)19-21-36(24,28)8)43-31(40)30(39-33(42)45-35(5,6)7)13-11-12-22-38-32(41)44-34(2,3)4/h1,14,24,26-30H,11-13,15-23H2,2-9H3,(H,38,41)(H,39,42)/t24-,26-,27?,28?,29?,30-,36+,37-/m0/s1. The molecule has 4 rings (SSSR count). The topological polar surface area (TPSA) is 103 Å². The van der Waals surface area contributed by atoms with Gasteiger partial charge in [0.15, 0.2) is 0 Å². The van der Waals surface area contributed by atoms with Crippen molar-refractivity contribution >= 4 is 18.2 Å². The van der Waals surface area contributed by atoms with Gasteiger partial charge in [-0.25, -0.2) is 14.4 Å². The van der Waals surface area contributed by atoms with Crippen molar-refractivity contribution in [3.05, 3.63) is 11.6 Å². The molecule has 8 nitrogen and oxygen atoms in total. The molecule has 8 atom stereocenters. The van der Waals surface area contributed by atoms with Crippen LogP contribution < -0.4 is 10.6 Å². The van der Waals surface area contributed by atoms with E-state index >= 15 is 0 Å². The molecule has 3 unspecified atom stereocenters. The fraction of sp³-hybridized carbons (Fsp3) is 0.811. The molecule has 0 aromatic heterocycles. The van der Waals surface area contributed by atoms with E-state index in [0.29, 0.717) is 49.5 Å². The minimum absolute atomic E-state index is 0.136. The Morgan fingerprint density at radius 3 is 2.31 bits per heavy atom. The highest BCUT2D eigenvalue weighted by Gasteiger charge is 2.58. The Morgan fingerprint density at radius 1 is 0.956 bits per heavy atom. The molecule has 45 heavy (non-hydrogen) atoms. The number of hydrogen-bond donors (Lipinski definition) is 2. The van der Waals surface area contributed by atoms with Gasteiger partial charge < -0.3 is 24.8 Å². The van der Waals surface area contributed by atoms with E-state index in [1.165, 1.54) is 24.8 Å². The summed E-state index contributed by atoms with van der Waals surface area (Å²) in [6.45, 7) is 16.1. The third-order valence-corrected chi connectivity index (χ3v) is 11.1. The first-order valence-corrected chi connectivity index (χ1v) is 17.3. The van der Waals surface area contributed by atoms with Crippen LogP contribution in [-0.4, -0.2) is 48.0 Å². The summed E-state index contributed by atoms with van der Waals surface area (Å²) >= 11 is 0. The number of nitrogens with one attached hydrogen (secondary N) is 2. The number of ether oxygens (including phenoxy) is 3. The molecular formula is C37H58N2O6. The Labute approximate surface area is 271 Å². The quantitative estimate of drug-likeness (QED) is 0.0941. The summed E-state index contributed by atoms with van der Waals surface area (Å²) in [4.78, 5) is 38.1. The Balaban J connectivity index is 1.35. The first-order valence-electron chi connectivity index (χ1n) is 17.3. The van der Waals surface area contributed by atoms with Crippen molar-refractivity contribution in [2.45, 2.75) is 149 Å². The highest BCUT2D eigenvalue weighted by atomic mass is 16.6. The van der Waals surface area contributed by atoms with Gasteiger partial charge in [-0.1, -0.05) is 25.5 Å². The minimum Gasteiger partial charge on any atom is -0.461 e. The molecule has 0 spiro atoms. The summed E-state index contributed by atoms with van der Waals surface area (Å²) in [6.07, 6.45) is 17.2. The van der Waals surface area contributed by atoms with Gasteiger partial charge in [-0.15, -0.1) is 12.3 Å². The predicted molar refractivity (Wildman–Crippen MR) is 175 cm³/mol. The van der Waals surface area contributed by atoms with Gasteiger partial charge >= 0.3 is 18.2 Å². The Kier molecular flexibility index (Phi) is 10.6. The van der Waals surface area contributed by atoms with Crippen LogP contribution in [0.5, 0.6) is 0 Å². The van der Waals surface area contributed by atoms with Crippen LogP contribution >= 0.6 is 0 Å². The van der Waals surface area contributed by atoms with Crippen LogP contribution in [0.4, 0.5) is 9.59 Å². The summed E-state index contributed by atoms with van der Waals surface area (Å²) in [6, 6.07) is -0.832. The molecule has 252 valence electrons. The summed E-state index contributed by atoms with van der Waals surface area (Å²) < 4.78 is 16.8. The molecular weight excluding hydrogens is 568 g/mol. The number of allylic oxidation sites excluding steroid dienone is 1. The van der Waals surface area contributed by atoms with E-state index in [2.05, 4.69) is 36.5 Å². The number of carbonyl (C=O) groups is 3. The monoisotopic (exact) mass is 626 g/mol. The number of esters is 1.